The highest BCUT2D eigenvalue weighted by atomic mass is 16.5. The quantitative estimate of drug-likeness (QED) is 0.721. The highest BCUT2D eigenvalue weighted by Crippen LogP contribution is 2.48. The molecule has 3 amide bonds. The molecule has 1 N–H and O–H groups in total. The van der Waals surface area contributed by atoms with Gasteiger partial charge in [-0.3, -0.25) is 19.3 Å². The molecule has 5 aliphatic rings. The molecule has 0 aromatic carbocycles. The molecule has 136 valence electrons. The molecule has 7 nitrogen and oxygen atoms in total. The van der Waals surface area contributed by atoms with E-state index in [4.69, 9.17) is 4.74 Å². The van der Waals surface area contributed by atoms with Crippen molar-refractivity contribution in [3.8, 4) is 0 Å². The standard InChI is InChI=1S/C18H25N3O4/c22-14(21-10-1-2-11(21)9-19-7-5-10)6-8-20-17(23)15-12-3-4-13(25-12)16(15)18(20)24/h10-13,15-16,19H,1-9H2. The molecule has 0 aliphatic carbocycles. The van der Waals surface area contributed by atoms with Gasteiger partial charge in [0.15, 0.2) is 0 Å². The van der Waals surface area contributed by atoms with E-state index in [1.165, 1.54) is 4.90 Å². The lowest BCUT2D eigenvalue weighted by molar-refractivity contribution is -0.143. The number of hydrogen-bond acceptors (Lipinski definition) is 5. The lowest BCUT2D eigenvalue weighted by Gasteiger charge is -2.28. The number of fused-ring (bicyclic) bond motifs is 7. The van der Waals surface area contributed by atoms with Crippen LogP contribution >= 0.6 is 0 Å². The van der Waals surface area contributed by atoms with Crippen molar-refractivity contribution in [2.75, 3.05) is 19.6 Å². The van der Waals surface area contributed by atoms with Gasteiger partial charge in [0.2, 0.25) is 17.7 Å². The van der Waals surface area contributed by atoms with Crippen molar-refractivity contribution < 1.29 is 19.1 Å². The fourth-order valence-electron chi connectivity index (χ4n) is 5.72. The Morgan fingerprint density at radius 2 is 1.68 bits per heavy atom. The number of ether oxygens (including phenoxy) is 1. The summed E-state index contributed by atoms with van der Waals surface area (Å²) < 4.78 is 5.75. The van der Waals surface area contributed by atoms with Crippen LogP contribution in [-0.4, -0.2) is 71.4 Å². The Kier molecular flexibility index (Phi) is 3.64. The number of rotatable bonds is 3. The number of nitrogens with zero attached hydrogens (tertiary/aromatic N) is 2. The zero-order valence-corrected chi connectivity index (χ0v) is 14.4. The van der Waals surface area contributed by atoms with E-state index < -0.39 is 0 Å². The third-order valence-electron chi connectivity index (χ3n) is 6.87. The van der Waals surface area contributed by atoms with Gasteiger partial charge in [0.25, 0.3) is 0 Å². The molecular formula is C18H25N3O4. The van der Waals surface area contributed by atoms with Crippen molar-refractivity contribution in [1.29, 1.82) is 0 Å². The summed E-state index contributed by atoms with van der Waals surface area (Å²) in [6.45, 7) is 2.04. The lowest BCUT2D eigenvalue weighted by Crippen LogP contribution is -2.44. The van der Waals surface area contributed by atoms with Crippen molar-refractivity contribution in [1.82, 2.24) is 15.1 Å². The highest BCUT2D eigenvalue weighted by Gasteiger charge is 2.62. The van der Waals surface area contributed by atoms with E-state index in [0.29, 0.717) is 6.04 Å². The Labute approximate surface area is 147 Å². The maximum Gasteiger partial charge on any atom is 0.235 e. The largest absolute Gasteiger partial charge is 0.373 e. The second-order valence-corrected chi connectivity index (χ2v) is 8.10. The Bertz CT molecular complexity index is 581. The van der Waals surface area contributed by atoms with Crippen LogP contribution in [0.15, 0.2) is 0 Å². The van der Waals surface area contributed by atoms with E-state index in [9.17, 15) is 14.4 Å². The summed E-state index contributed by atoms with van der Waals surface area (Å²) in [5.74, 6) is -0.723. The van der Waals surface area contributed by atoms with Gasteiger partial charge < -0.3 is 15.0 Å². The Morgan fingerprint density at radius 1 is 1.00 bits per heavy atom. The van der Waals surface area contributed by atoms with E-state index in [0.717, 1.165) is 45.2 Å². The summed E-state index contributed by atoms with van der Waals surface area (Å²) in [5.41, 5.74) is 0. The Hall–Kier alpha value is -1.47. The van der Waals surface area contributed by atoms with Gasteiger partial charge in [0.05, 0.1) is 24.0 Å². The number of likely N-dealkylation sites (tertiary alicyclic amines) is 1. The summed E-state index contributed by atoms with van der Waals surface area (Å²) in [6.07, 6.45) is 4.96. The van der Waals surface area contributed by atoms with Crippen LogP contribution in [0.3, 0.4) is 0 Å². The van der Waals surface area contributed by atoms with Gasteiger partial charge in [-0.1, -0.05) is 0 Å². The molecule has 5 saturated heterocycles. The predicted molar refractivity (Wildman–Crippen MR) is 87.4 cm³/mol. The normalized spacial score (nSPS) is 42.2. The van der Waals surface area contributed by atoms with Crippen LogP contribution in [0.1, 0.15) is 38.5 Å². The van der Waals surface area contributed by atoms with Crippen LogP contribution in [0.5, 0.6) is 0 Å². The lowest BCUT2D eigenvalue weighted by atomic mass is 9.81. The molecule has 25 heavy (non-hydrogen) atoms. The second-order valence-electron chi connectivity index (χ2n) is 8.10. The smallest absolute Gasteiger partial charge is 0.235 e. The highest BCUT2D eigenvalue weighted by molar-refractivity contribution is 6.06. The molecule has 5 fully saturated rings. The van der Waals surface area contributed by atoms with Crippen LogP contribution in [0.2, 0.25) is 0 Å². The molecule has 4 bridgehead atoms. The number of amides is 3. The fourth-order valence-corrected chi connectivity index (χ4v) is 5.72. The summed E-state index contributed by atoms with van der Waals surface area (Å²) >= 11 is 0. The van der Waals surface area contributed by atoms with E-state index >= 15 is 0 Å². The second kappa shape index (κ2) is 5.77. The monoisotopic (exact) mass is 347 g/mol. The molecular weight excluding hydrogens is 322 g/mol. The predicted octanol–water partition coefficient (Wildman–Crippen LogP) is -0.108. The molecule has 5 rings (SSSR count). The van der Waals surface area contributed by atoms with Crippen molar-refractivity contribution >= 4 is 17.7 Å². The van der Waals surface area contributed by atoms with Gasteiger partial charge in [-0.05, 0) is 38.6 Å². The number of hydrogen-bond donors (Lipinski definition) is 1. The van der Waals surface area contributed by atoms with Gasteiger partial charge in [0.1, 0.15) is 0 Å². The first-order valence-electron chi connectivity index (χ1n) is 9.67. The first-order valence-corrected chi connectivity index (χ1v) is 9.67. The van der Waals surface area contributed by atoms with Gasteiger partial charge in [-0.15, -0.1) is 0 Å². The summed E-state index contributed by atoms with van der Waals surface area (Å²) in [4.78, 5) is 41.5. The van der Waals surface area contributed by atoms with E-state index in [1.54, 1.807) is 0 Å². The average molecular weight is 347 g/mol. The molecule has 0 radical (unpaired) electrons. The molecule has 0 aromatic rings. The zero-order valence-electron chi connectivity index (χ0n) is 14.4. The molecule has 0 spiro atoms. The van der Waals surface area contributed by atoms with Crippen molar-refractivity contribution in [2.24, 2.45) is 11.8 Å². The van der Waals surface area contributed by atoms with Crippen LogP contribution < -0.4 is 5.32 Å². The van der Waals surface area contributed by atoms with Gasteiger partial charge >= 0.3 is 0 Å². The van der Waals surface area contributed by atoms with Crippen molar-refractivity contribution in [3.63, 3.8) is 0 Å². The van der Waals surface area contributed by atoms with Crippen molar-refractivity contribution in [2.45, 2.75) is 62.8 Å². The zero-order chi connectivity index (χ0) is 17.1. The SMILES string of the molecule is O=C1C2C3CCC(O3)C2C(=O)N1CCC(=O)N1C2CCNCC1CC2. The minimum atomic E-state index is -0.292. The van der Waals surface area contributed by atoms with Crippen LogP contribution in [-0.2, 0) is 19.1 Å². The van der Waals surface area contributed by atoms with Crippen molar-refractivity contribution in [3.05, 3.63) is 0 Å². The topological polar surface area (TPSA) is 79.0 Å². The number of nitrogens with one attached hydrogen (secondary N) is 1. The molecule has 6 unspecified atom stereocenters. The minimum absolute atomic E-state index is 0.0836. The van der Waals surface area contributed by atoms with E-state index in [-0.39, 0.29) is 60.8 Å². The Balaban J connectivity index is 1.25. The maximum absolute atomic E-state index is 12.8. The molecule has 7 heteroatoms. The van der Waals surface area contributed by atoms with E-state index in [1.807, 2.05) is 4.90 Å². The third-order valence-corrected chi connectivity index (χ3v) is 6.87. The van der Waals surface area contributed by atoms with Crippen LogP contribution in [0, 0.1) is 11.8 Å². The fraction of sp³-hybridized carbons (Fsp3) is 0.833. The first kappa shape index (κ1) is 15.8. The first-order chi connectivity index (χ1) is 12.1. The molecule has 5 heterocycles. The van der Waals surface area contributed by atoms with Gasteiger partial charge in [-0.2, -0.15) is 0 Å². The minimum Gasteiger partial charge on any atom is -0.373 e. The van der Waals surface area contributed by atoms with Gasteiger partial charge in [0, 0.05) is 31.6 Å². The summed E-state index contributed by atoms with van der Waals surface area (Å²) in [6, 6.07) is 0.592. The average Bonchev–Trinajstić information content (AvgIpc) is 3.30. The molecule has 0 aromatic heterocycles. The molecule has 0 saturated carbocycles. The van der Waals surface area contributed by atoms with Crippen LogP contribution in [0.4, 0.5) is 0 Å². The summed E-state index contributed by atoms with van der Waals surface area (Å²) in [5, 5.41) is 3.39. The molecule has 5 aliphatic heterocycles. The third kappa shape index (κ3) is 2.28. The Morgan fingerprint density at radius 3 is 2.40 bits per heavy atom. The number of carbonyl (C=O) groups is 3. The van der Waals surface area contributed by atoms with E-state index in [2.05, 4.69) is 5.32 Å². The maximum atomic E-state index is 12.8. The number of imide groups is 1. The number of carbonyl (C=O) groups excluding carboxylic acids is 3. The molecule has 6 atom stereocenters. The van der Waals surface area contributed by atoms with Gasteiger partial charge in [-0.25, -0.2) is 0 Å². The summed E-state index contributed by atoms with van der Waals surface area (Å²) in [7, 11) is 0. The van der Waals surface area contributed by atoms with Crippen LogP contribution in [0.25, 0.3) is 0 Å².